The minimum Gasteiger partial charge on any atom is -0.292 e. The van der Waals surface area contributed by atoms with Gasteiger partial charge in [-0.25, -0.2) is 0 Å². The maximum atomic E-state index is 12.0. The van der Waals surface area contributed by atoms with Crippen LogP contribution in [-0.4, -0.2) is 15.6 Å². The van der Waals surface area contributed by atoms with Crippen molar-refractivity contribution in [1.29, 1.82) is 0 Å². The molecule has 0 atom stereocenters. The number of Topliss-reactive ketones (excluding diaryl/α,β-unsaturated/α-hetero) is 1. The van der Waals surface area contributed by atoms with E-state index in [2.05, 4.69) is 5.10 Å². The third kappa shape index (κ3) is 2.74. The topological polar surface area (TPSA) is 34.9 Å². The summed E-state index contributed by atoms with van der Waals surface area (Å²) in [4.78, 5) is 12.0. The van der Waals surface area contributed by atoms with Gasteiger partial charge in [-0.3, -0.25) is 9.48 Å². The molecule has 0 radical (unpaired) electrons. The molecule has 0 saturated carbocycles. The lowest BCUT2D eigenvalue weighted by molar-refractivity contribution is 0.0983. The number of ketones is 1. The number of aryl methyl sites for hydroxylation is 1. The predicted octanol–water partition coefficient (Wildman–Crippen LogP) is 2.98. The highest BCUT2D eigenvalue weighted by Crippen LogP contribution is 2.12. The normalized spacial score (nSPS) is 10.5. The van der Waals surface area contributed by atoms with Crippen LogP contribution < -0.4 is 0 Å². The van der Waals surface area contributed by atoms with Crippen molar-refractivity contribution >= 4 is 17.4 Å². The lowest BCUT2D eigenvalue weighted by atomic mass is 10.1. The quantitative estimate of drug-likeness (QED) is 0.780. The first kappa shape index (κ1) is 11.9. The van der Waals surface area contributed by atoms with Gasteiger partial charge in [-0.05, 0) is 30.7 Å². The second-order valence-electron chi connectivity index (χ2n) is 3.76. The maximum absolute atomic E-state index is 12.0. The van der Waals surface area contributed by atoms with Gasteiger partial charge >= 0.3 is 0 Å². The standard InChI is InChI=1S/C13H13ClN2O/c1-2-16-12(7-8-15-16)13(17)9-10-3-5-11(14)6-4-10/h3-8H,2,9H2,1H3. The van der Waals surface area contributed by atoms with E-state index in [0.717, 1.165) is 5.56 Å². The zero-order valence-corrected chi connectivity index (χ0v) is 10.3. The van der Waals surface area contributed by atoms with E-state index in [-0.39, 0.29) is 5.78 Å². The number of rotatable bonds is 4. The molecule has 0 amide bonds. The molecule has 0 aliphatic rings. The number of nitrogens with zero attached hydrogens (tertiary/aromatic N) is 2. The van der Waals surface area contributed by atoms with Gasteiger partial charge in [0.2, 0.25) is 0 Å². The number of hydrogen-bond donors (Lipinski definition) is 0. The Balaban J connectivity index is 2.14. The molecule has 2 rings (SSSR count). The van der Waals surface area contributed by atoms with Gasteiger partial charge in [-0.2, -0.15) is 5.10 Å². The van der Waals surface area contributed by atoms with Crippen molar-refractivity contribution in [2.45, 2.75) is 19.9 Å². The Morgan fingerprint density at radius 2 is 2.00 bits per heavy atom. The number of aromatic nitrogens is 2. The van der Waals surface area contributed by atoms with Crippen LogP contribution in [-0.2, 0) is 13.0 Å². The minimum absolute atomic E-state index is 0.0756. The van der Waals surface area contributed by atoms with E-state index in [1.165, 1.54) is 0 Å². The van der Waals surface area contributed by atoms with Crippen molar-refractivity contribution in [3.05, 3.63) is 52.8 Å². The Morgan fingerprint density at radius 3 is 2.65 bits per heavy atom. The molecule has 1 heterocycles. The molecule has 0 N–H and O–H groups in total. The monoisotopic (exact) mass is 248 g/mol. The molecule has 0 aliphatic heterocycles. The van der Waals surface area contributed by atoms with E-state index < -0.39 is 0 Å². The Morgan fingerprint density at radius 1 is 1.29 bits per heavy atom. The van der Waals surface area contributed by atoms with Gasteiger partial charge in [0, 0.05) is 24.2 Å². The fraction of sp³-hybridized carbons (Fsp3) is 0.231. The summed E-state index contributed by atoms with van der Waals surface area (Å²) < 4.78 is 1.71. The van der Waals surface area contributed by atoms with Gasteiger partial charge in [0.15, 0.2) is 5.78 Å². The summed E-state index contributed by atoms with van der Waals surface area (Å²) in [6, 6.07) is 9.07. The van der Waals surface area contributed by atoms with Crippen LogP contribution in [0.15, 0.2) is 36.5 Å². The highest BCUT2D eigenvalue weighted by Gasteiger charge is 2.11. The van der Waals surface area contributed by atoms with E-state index >= 15 is 0 Å². The van der Waals surface area contributed by atoms with Gasteiger partial charge in [-0.1, -0.05) is 23.7 Å². The molecule has 4 heteroatoms. The molecule has 1 aromatic heterocycles. The van der Waals surface area contributed by atoms with Gasteiger partial charge in [0.25, 0.3) is 0 Å². The van der Waals surface area contributed by atoms with Crippen LogP contribution in [0.4, 0.5) is 0 Å². The number of carbonyl (C=O) groups excluding carboxylic acids is 1. The summed E-state index contributed by atoms with van der Waals surface area (Å²) in [7, 11) is 0. The van der Waals surface area contributed by atoms with Crippen LogP contribution >= 0.6 is 11.6 Å². The zero-order chi connectivity index (χ0) is 12.3. The molecule has 2 aromatic rings. The summed E-state index contributed by atoms with van der Waals surface area (Å²) in [6.45, 7) is 2.67. The van der Waals surface area contributed by atoms with Crippen molar-refractivity contribution in [2.24, 2.45) is 0 Å². The van der Waals surface area contributed by atoms with Gasteiger partial charge in [0.1, 0.15) is 5.69 Å². The van der Waals surface area contributed by atoms with Crippen LogP contribution in [0.5, 0.6) is 0 Å². The molecule has 3 nitrogen and oxygen atoms in total. The van der Waals surface area contributed by atoms with E-state index in [1.807, 2.05) is 19.1 Å². The molecular formula is C13H13ClN2O. The third-order valence-electron chi connectivity index (χ3n) is 2.58. The Hall–Kier alpha value is -1.61. The highest BCUT2D eigenvalue weighted by atomic mass is 35.5. The minimum atomic E-state index is 0.0756. The second-order valence-corrected chi connectivity index (χ2v) is 4.20. The first-order valence-electron chi connectivity index (χ1n) is 5.50. The number of benzene rings is 1. The van der Waals surface area contributed by atoms with E-state index in [4.69, 9.17) is 11.6 Å². The lowest BCUT2D eigenvalue weighted by Crippen LogP contribution is -2.11. The molecule has 0 fully saturated rings. The summed E-state index contributed by atoms with van der Waals surface area (Å²) in [5.74, 6) is 0.0756. The summed E-state index contributed by atoms with van der Waals surface area (Å²) in [5.41, 5.74) is 1.62. The highest BCUT2D eigenvalue weighted by molar-refractivity contribution is 6.30. The molecule has 0 aliphatic carbocycles. The van der Waals surface area contributed by atoms with Crippen molar-refractivity contribution in [1.82, 2.24) is 9.78 Å². The molecule has 17 heavy (non-hydrogen) atoms. The van der Waals surface area contributed by atoms with Gasteiger partial charge in [-0.15, -0.1) is 0 Å². The van der Waals surface area contributed by atoms with E-state index in [1.54, 1.807) is 29.1 Å². The van der Waals surface area contributed by atoms with E-state index in [0.29, 0.717) is 23.7 Å². The van der Waals surface area contributed by atoms with Crippen LogP contribution in [0.2, 0.25) is 5.02 Å². The van der Waals surface area contributed by atoms with Crippen LogP contribution in [0.3, 0.4) is 0 Å². The molecule has 0 bridgehead atoms. The number of hydrogen-bond acceptors (Lipinski definition) is 2. The van der Waals surface area contributed by atoms with Gasteiger partial charge < -0.3 is 0 Å². The van der Waals surface area contributed by atoms with Crippen LogP contribution in [0, 0.1) is 0 Å². The van der Waals surface area contributed by atoms with Crippen LogP contribution in [0.25, 0.3) is 0 Å². The van der Waals surface area contributed by atoms with Crippen molar-refractivity contribution in [3.63, 3.8) is 0 Å². The second kappa shape index (κ2) is 5.15. The average molecular weight is 249 g/mol. The third-order valence-corrected chi connectivity index (χ3v) is 2.83. The fourth-order valence-corrected chi connectivity index (χ4v) is 1.83. The molecule has 0 saturated heterocycles. The number of halogens is 1. The Bertz CT molecular complexity index is 516. The smallest absolute Gasteiger partial charge is 0.185 e. The first-order valence-corrected chi connectivity index (χ1v) is 5.88. The SMILES string of the molecule is CCn1nccc1C(=O)Cc1ccc(Cl)cc1. The Kier molecular flexibility index (Phi) is 3.59. The molecule has 0 spiro atoms. The van der Waals surface area contributed by atoms with Crippen molar-refractivity contribution in [3.8, 4) is 0 Å². The zero-order valence-electron chi connectivity index (χ0n) is 9.56. The number of carbonyl (C=O) groups is 1. The van der Waals surface area contributed by atoms with Crippen LogP contribution in [0.1, 0.15) is 23.0 Å². The predicted molar refractivity (Wildman–Crippen MR) is 67.4 cm³/mol. The largest absolute Gasteiger partial charge is 0.292 e. The maximum Gasteiger partial charge on any atom is 0.185 e. The average Bonchev–Trinajstić information content (AvgIpc) is 2.80. The summed E-state index contributed by atoms with van der Waals surface area (Å²) >= 11 is 5.80. The van der Waals surface area contributed by atoms with Crippen molar-refractivity contribution in [2.75, 3.05) is 0 Å². The fourth-order valence-electron chi connectivity index (χ4n) is 1.70. The Labute approximate surface area is 105 Å². The summed E-state index contributed by atoms with van der Waals surface area (Å²) in [5, 5.41) is 4.77. The lowest BCUT2D eigenvalue weighted by Gasteiger charge is -2.04. The molecular weight excluding hydrogens is 236 g/mol. The molecule has 0 unspecified atom stereocenters. The van der Waals surface area contributed by atoms with E-state index in [9.17, 15) is 4.79 Å². The van der Waals surface area contributed by atoms with Crippen molar-refractivity contribution < 1.29 is 4.79 Å². The summed E-state index contributed by atoms with van der Waals surface area (Å²) in [6.07, 6.45) is 2.03. The molecule has 88 valence electrons. The van der Waals surface area contributed by atoms with Gasteiger partial charge in [0.05, 0.1) is 0 Å². The molecule has 1 aromatic carbocycles. The first-order chi connectivity index (χ1) is 8.20.